The van der Waals surface area contributed by atoms with Crippen molar-refractivity contribution in [2.45, 2.75) is 38.8 Å². The summed E-state index contributed by atoms with van der Waals surface area (Å²) in [6.07, 6.45) is 1.55. The summed E-state index contributed by atoms with van der Waals surface area (Å²) in [6.45, 7) is 5.16. The Morgan fingerprint density at radius 3 is 2.00 bits per heavy atom. The first kappa shape index (κ1) is 14.9. The van der Waals surface area contributed by atoms with Gasteiger partial charge in [-0.3, -0.25) is 4.90 Å². The largest absolute Gasteiger partial charge is 0.464 e. The number of rotatable bonds is 5. The van der Waals surface area contributed by atoms with E-state index in [1.807, 2.05) is 0 Å². The zero-order valence-corrected chi connectivity index (χ0v) is 11.1. The minimum atomic E-state index is -0.947. The predicted molar refractivity (Wildman–Crippen MR) is 65.8 cm³/mol. The van der Waals surface area contributed by atoms with Crippen molar-refractivity contribution >= 4 is 11.9 Å². The lowest BCUT2D eigenvalue weighted by Crippen LogP contribution is -2.53. The van der Waals surface area contributed by atoms with E-state index in [2.05, 4.69) is 0 Å². The maximum atomic E-state index is 11.8. The number of carbonyl (C=O) groups excluding carboxylic acids is 2. The van der Waals surface area contributed by atoms with Crippen molar-refractivity contribution in [1.29, 1.82) is 0 Å². The lowest BCUT2D eigenvalue weighted by molar-refractivity contribution is -0.164. The summed E-state index contributed by atoms with van der Waals surface area (Å²) in [5.74, 6) is -1.07. The molecule has 1 aliphatic rings. The van der Waals surface area contributed by atoms with Gasteiger partial charge in [0.05, 0.1) is 13.2 Å². The van der Waals surface area contributed by atoms with E-state index in [4.69, 9.17) is 15.2 Å². The molecule has 104 valence electrons. The lowest BCUT2D eigenvalue weighted by Gasteiger charge is -2.33. The van der Waals surface area contributed by atoms with Gasteiger partial charge < -0.3 is 15.2 Å². The summed E-state index contributed by atoms with van der Waals surface area (Å²) in [6, 6.07) is -0.802. The molecular formula is C12H22N2O4. The third-order valence-corrected chi connectivity index (χ3v) is 2.96. The van der Waals surface area contributed by atoms with Gasteiger partial charge >= 0.3 is 11.9 Å². The monoisotopic (exact) mass is 258 g/mol. The Morgan fingerprint density at radius 2 is 1.61 bits per heavy atom. The number of nitrogens with two attached hydrogens (primary N) is 1. The van der Waals surface area contributed by atoms with Crippen LogP contribution in [0, 0.1) is 0 Å². The summed E-state index contributed by atoms with van der Waals surface area (Å²) in [5, 5.41) is 0. The lowest BCUT2D eigenvalue weighted by atomic mass is 10.0. The van der Waals surface area contributed by atoms with E-state index >= 15 is 0 Å². The van der Waals surface area contributed by atoms with E-state index < -0.39 is 18.0 Å². The van der Waals surface area contributed by atoms with Crippen molar-refractivity contribution in [3.05, 3.63) is 0 Å². The normalized spacial score (nSPS) is 17.8. The summed E-state index contributed by atoms with van der Waals surface area (Å²) in [4.78, 5) is 25.5. The maximum Gasteiger partial charge on any atom is 0.335 e. The first-order chi connectivity index (χ1) is 8.60. The molecule has 0 unspecified atom stereocenters. The summed E-state index contributed by atoms with van der Waals surface area (Å²) in [7, 11) is 0. The molecule has 0 radical (unpaired) electrons. The fourth-order valence-corrected chi connectivity index (χ4v) is 2.01. The summed E-state index contributed by atoms with van der Waals surface area (Å²) >= 11 is 0. The van der Waals surface area contributed by atoms with Gasteiger partial charge in [0, 0.05) is 19.1 Å². The number of esters is 2. The molecule has 6 heteroatoms. The summed E-state index contributed by atoms with van der Waals surface area (Å²) < 4.78 is 9.88. The molecule has 1 saturated heterocycles. The molecule has 0 saturated carbocycles. The van der Waals surface area contributed by atoms with Crippen LogP contribution < -0.4 is 5.73 Å². The smallest absolute Gasteiger partial charge is 0.335 e. The van der Waals surface area contributed by atoms with Crippen LogP contribution in [-0.4, -0.2) is 55.2 Å². The van der Waals surface area contributed by atoms with Gasteiger partial charge in [-0.2, -0.15) is 0 Å². The molecule has 1 fully saturated rings. The van der Waals surface area contributed by atoms with Crippen LogP contribution in [-0.2, 0) is 19.1 Å². The second-order valence-electron chi connectivity index (χ2n) is 4.28. The van der Waals surface area contributed by atoms with Crippen LogP contribution in [0.1, 0.15) is 26.7 Å². The quantitative estimate of drug-likeness (QED) is 0.548. The topological polar surface area (TPSA) is 81.9 Å². The first-order valence-corrected chi connectivity index (χ1v) is 6.43. The highest BCUT2D eigenvalue weighted by atomic mass is 16.6. The molecule has 0 aromatic rings. The minimum Gasteiger partial charge on any atom is -0.464 e. The van der Waals surface area contributed by atoms with Gasteiger partial charge in [-0.25, -0.2) is 9.59 Å². The van der Waals surface area contributed by atoms with Crippen LogP contribution in [0.25, 0.3) is 0 Å². The van der Waals surface area contributed by atoms with Gasteiger partial charge in [-0.15, -0.1) is 0 Å². The molecule has 0 amide bonds. The molecule has 18 heavy (non-hydrogen) atoms. The number of likely N-dealkylation sites (tertiary alicyclic amines) is 1. The standard InChI is InChI=1S/C12H22N2O4/c1-3-17-11(15)10(12(16)18-4-2)14-7-5-9(13)6-8-14/h9-10H,3-8,13H2,1-2H3. The number of nitrogens with zero attached hydrogens (tertiary/aromatic N) is 1. The number of hydrogen-bond acceptors (Lipinski definition) is 6. The van der Waals surface area contributed by atoms with Crippen molar-refractivity contribution in [2.75, 3.05) is 26.3 Å². The number of carbonyl (C=O) groups is 2. The van der Waals surface area contributed by atoms with Crippen LogP contribution in [0.15, 0.2) is 0 Å². The van der Waals surface area contributed by atoms with E-state index in [1.54, 1.807) is 18.7 Å². The van der Waals surface area contributed by atoms with E-state index in [0.29, 0.717) is 13.1 Å². The van der Waals surface area contributed by atoms with Crippen molar-refractivity contribution in [2.24, 2.45) is 5.73 Å². The summed E-state index contributed by atoms with van der Waals surface area (Å²) in [5.41, 5.74) is 5.81. The second-order valence-corrected chi connectivity index (χ2v) is 4.28. The van der Waals surface area contributed by atoms with Crippen LogP contribution in [0.2, 0.25) is 0 Å². The van der Waals surface area contributed by atoms with Gasteiger partial charge in [0.15, 0.2) is 0 Å². The van der Waals surface area contributed by atoms with E-state index in [9.17, 15) is 9.59 Å². The third kappa shape index (κ3) is 3.96. The third-order valence-electron chi connectivity index (χ3n) is 2.96. The average Bonchev–Trinajstić information content (AvgIpc) is 2.33. The highest BCUT2D eigenvalue weighted by Crippen LogP contribution is 2.14. The van der Waals surface area contributed by atoms with Gasteiger partial charge in [0.1, 0.15) is 0 Å². The Balaban J connectivity index is 2.70. The molecular weight excluding hydrogens is 236 g/mol. The first-order valence-electron chi connectivity index (χ1n) is 6.43. The van der Waals surface area contributed by atoms with Gasteiger partial charge in [-0.1, -0.05) is 0 Å². The van der Waals surface area contributed by atoms with Crippen molar-refractivity contribution < 1.29 is 19.1 Å². The Hall–Kier alpha value is -1.14. The molecule has 1 rings (SSSR count). The van der Waals surface area contributed by atoms with Crippen LogP contribution in [0.4, 0.5) is 0 Å². The van der Waals surface area contributed by atoms with Crippen LogP contribution >= 0.6 is 0 Å². The molecule has 2 N–H and O–H groups in total. The molecule has 1 aliphatic heterocycles. The Bertz CT molecular complexity index is 270. The Morgan fingerprint density at radius 1 is 1.17 bits per heavy atom. The van der Waals surface area contributed by atoms with Crippen LogP contribution in [0.5, 0.6) is 0 Å². The molecule has 0 atom stereocenters. The van der Waals surface area contributed by atoms with Crippen LogP contribution in [0.3, 0.4) is 0 Å². The van der Waals surface area contributed by atoms with Crippen molar-refractivity contribution in [3.63, 3.8) is 0 Å². The van der Waals surface area contributed by atoms with E-state index in [-0.39, 0.29) is 19.3 Å². The Labute approximate surface area is 107 Å². The average molecular weight is 258 g/mol. The number of hydrogen-bond donors (Lipinski definition) is 1. The maximum absolute atomic E-state index is 11.8. The van der Waals surface area contributed by atoms with Gasteiger partial charge in [0.2, 0.25) is 6.04 Å². The molecule has 6 nitrogen and oxygen atoms in total. The van der Waals surface area contributed by atoms with Gasteiger partial charge in [0.25, 0.3) is 0 Å². The Kier molecular flexibility index (Phi) is 6.07. The zero-order valence-electron chi connectivity index (χ0n) is 11.1. The van der Waals surface area contributed by atoms with E-state index in [0.717, 1.165) is 12.8 Å². The molecule has 0 spiro atoms. The molecule has 0 bridgehead atoms. The van der Waals surface area contributed by atoms with E-state index in [1.165, 1.54) is 0 Å². The fourth-order valence-electron chi connectivity index (χ4n) is 2.01. The highest BCUT2D eigenvalue weighted by Gasteiger charge is 2.36. The predicted octanol–water partition coefficient (Wildman–Crippen LogP) is -0.0957. The number of piperidine rings is 1. The molecule has 0 aromatic heterocycles. The molecule has 0 aliphatic carbocycles. The number of ether oxygens (including phenoxy) is 2. The highest BCUT2D eigenvalue weighted by molar-refractivity contribution is 5.99. The van der Waals surface area contributed by atoms with Crippen molar-refractivity contribution in [1.82, 2.24) is 4.90 Å². The van der Waals surface area contributed by atoms with Gasteiger partial charge in [-0.05, 0) is 26.7 Å². The minimum absolute atomic E-state index is 0.145. The van der Waals surface area contributed by atoms with Crippen molar-refractivity contribution in [3.8, 4) is 0 Å². The fraction of sp³-hybridized carbons (Fsp3) is 0.833. The zero-order chi connectivity index (χ0) is 13.5. The molecule has 0 aromatic carbocycles. The SMILES string of the molecule is CCOC(=O)C(C(=O)OCC)N1CCC(N)CC1. The molecule has 1 heterocycles. The second kappa shape index (κ2) is 7.33.